The Morgan fingerprint density at radius 1 is 1.08 bits per heavy atom. The van der Waals surface area contributed by atoms with Gasteiger partial charge in [-0.15, -0.1) is 11.8 Å². The summed E-state index contributed by atoms with van der Waals surface area (Å²) in [5.74, 6) is 8.22. The van der Waals surface area contributed by atoms with Gasteiger partial charge in [0.2, 0.25) is 0 Å². The number of piperidine rings is 1. The molecule has 0 saturated carbocycles. The SMILES string of the molecule is CCSc1ccc(NCC#Cc2cc3c(NC4CCN(CCCSC)CC4)cccc3n2CC(F)(F)F)cc1. The summed E-state index contributed by atoms with van der Waals surface area (Å²) in [7, 11) is 0. The van der Waals surface area contributed by atoms with Gasteiger partial charge in [0.15, 0.2) is 0 Å². The van der Waals surface area contributed by atoms with Gasteiger partial charge >= 0.3 is 6.18 Å². The number of thioether (sulfide) groups is 2. The smallest absolute Gasteiger partial charge is 0.382 e. The Morgan fingerprint density at radius 2 is 1.85 bits per heavy atom. The molecule has 0 amide bonds. The Balaban J connectivity index is 1.47. The normalized spacial score (nSPS) is 14.8. The topological polar surface area (TPSA) is 32.2 Å². The minimum Gasteiger partial charge on any atom is -0.382 e. The lowest BCUT2D eigenvalue weighted by atomic mass is 10.0. The number of nitrogens with one attached hydrogen (secondary N) is 2. The van der Waals surface area contributed by atoms with Crippen LogP contribution < -0.4 is 10.6 Å². The van der Waals surface area contributed by atoms with Gasteiger partial charge < -0.3 is 20.1 Å². The van der Waals surface area contributed by atoms with E-state index in [4.69, 9.17) is 0 Å². The number of fused-ring (bicyclic) bond motifs is 1. The zero-order chi connectivity index (χ0) is 27.7. The number of rotatable bonds is 11. The molecule has 2 aromatic carbocycles. The third-order valence-corrected chi connectivity index (χ3v) is 8.41. The second-order valence-corrected chi connectivity index (χ2v) is 12.0. The number of anilines is 2. The molecule has 0 radical (unpaired) electrons. The predicted molar refractivity (Wildman–Crippen MR) is 162 cm³/mol. The number of halogens is 3. The molecule has 1 aliphatic heterocycles. The molecule has 3 aromatic rings. The summed E-state index contributed by atoms with van der Waals surface area (Å²) in [6.45, 7) is 4.60. The average Bonchev–Trinajstić information content (AvgIpc) is 3.25. The van der Waals surface area contributed by atoms with Crippen LogP contribution in [0, 0.1) is 11.8 Å². The number of benzene rings is 2. The van der Waals surface area contributed by atoms with Crippen LogP contribution in [0.1, 0.15) is 31.9 Å². The molecule has 210 valence electrons. The van der Waals surface area contributed by atoms with Crippen molar-refractivity contribution >= 4 is 45.8 Å². The summed E-state index contributed by atoms with van der Waals surface area (Å²) in [5.41, 5.74) is 2.73. The van der Waals surface area contributed by atoms with Gasteiger partial charge in [-0.1, -0.05) is 18.9 Å². The maximum Gasteiger partial charge on any atom is 0.406 e. The average molecular weight is 575 g/mol. The summed E-state index contributed by atoms with van der Waals surface area (Å²) >= 11 is 3.66. The molecule has 4 rings (SSSR count). The molecule has 2 N–H and O–H groups in total. The molecule has 1 fully saturated rings. The van der Waals surface area contributed by atoms with Crippen LogP contribution in [0.15, 0.2) is 53.4 Å². The van der Waals surface area contributed by atoms with Gasteiger partial charge in [0, 0.05) is 40.8 Å². The van der Waals surface area contributed by atoms with Gasteiger partial charge in [0.05, 0.1) is 17.8 Å². The fourth-order valence-corrected chi connectivity index (χ4v) is 6.01. The van der Waals surface area contributed by atoms with E-state index in [1.165, 1.54) is 21.6 Å². The van der Waals surface area contributed by atoms with Gasteiger partial charge in [0.25, 0.3) is 0 Å². The second-order valence-electron chi connectivity index (χ2n) is 9.69. The first-order valence-corrected chi connectivity index (χ1v) is 15.9. The van der Waals surface area contributed by atoms with Crippen LogP contribution >= 0.6 is 23.5 Å². The van der Waals surface area contributed by atoms with E-state index in [1.54, 1.807) is 23.9 Å². The van der Waals surface area contributed by atoms with Gasteiger partial charge in [0.1, 0.15) is 6.54 Å². The molecule has 4 nitrogen and oxygen atoms in total. The van der Waals surface area contributed by atoms with Crippen molar-refractivity contribution in [2.24, 2.45) is 0 Å². The Hall–Kier alpha value is -2.41. The summed E-state index contributed by atoms with van der Waals surface area (Å²) < 4.78 is 41.9. The number of hydrogen-bond acceptors (Lipinski definition) is 5. The van der Waals surface area contributed by atoms with Crippen molar-refractivity contribution in [1.82, 2.24) is 9.47 Å². The third kappa shape index (κ3) is 8.79. The molecule has 0 bridgehead atoms. The van der Waals surface area contributed by atoms with Crippen molar-refractivity contribution in [3.8, 4) is 11.8 Å². The monoisotopic (exact) mass is 574 g/mol. The van der Waals surface area contributed by atoms with E-state index in [0.29, 0.717) is 23.8 Å². The Morgan fingerprint density at radius 3 is 2.54 bits per heavy atom. The lowest BCUT2D eigenvalue weighted by molar-refractivity contribution is -0.140. The Labute approximate surface area is 238 Å². The van der Waals surface area contributed by atoms with Crippen molar-refractivity contribution in [3.63, 3.8) is 0 Å². The van der Waals surface area contributed by atoms with Crippen molar-refractivity contribution in [2.75, 3.05) is 54.6 Å². The Kier molecular flexibility index (Phi) is 10.8. The fraction of sp³-hybridized carbons (Fsp3) is 0.467. The number of aromatic nitrogens is 1. The van der Waals surface area contributed by atoms with E-state index >= 15 is 0 Å². The van der Waals surface area contributed by atoms with Crippen LogP contribution in [0.2, 0.25) is 0 Å². The maximum atomic E-state index is 13.5. The summed E-state index contributed by atoms with van der Waals surface area (Å²) in [4.78, 5) is 3.71. The number of hydrogen-bond donors (Lipinski definition) is 2. The first-order valence-electron chi connectivity index (χ1n) is 13.5. The molecule has 0 aliphatic carbocycles. The lowest BCUT2D eigenvalue weighted by Gasteiger charge is -2.33. The van der Waals surface area contributed by atoms with E-state index in [0.717, 1.165) is 55.0 Å². The summed E-state index contributed by atoms with van der Waals surface area (Å²) in [5, 5.41) is 7.65. The molecule has 2 heterocycles. The summed E-state index contributed by atoms with van der Waals surface area (Å²) in [6.07, 6.45) is 1.05. The quantitative estimate of drug-likeness (QED) is 0.142. The standard InChI is InChI=1S/C30H37F3N4S2/c1-3-39-26-12-10-23(11-13-26)34-16-5-7-25-21-27-28(8-4-9-29(27)37(25)22-30(31,32)33)35-24-14-18-36(19-15-24)17-6-20-38-2/h4,8-13,21,24,34-35H,3,6,14-20,22H2,1-2H3. The van der Waals surface area contributed by atoms with Crippen LogP contribution in [0.5, 0.6) is 0 Å². The molecule has 1 aliphatic rings. The van der Waals surface area contributed by atoms with E-state index in [1.807, 2.05) is 36.0 Å². The minimum absolute atomic E-state index is 0.305. The highest BCUT2D eigenvalue weighted by atomic mass is 32.2. The number of likely N-dealkylation sites (tertiary alicyclic amines) is 1. The van der Waals surface area contributed by atoms with E-state index < -0.39 is 12.7 Å². The molecule has 0 spiro atoms. The Bertz CT molecular complexity index is 1250. The number of nitrogens with zero attached hydrogens (tertiary/aromatic N) is 2. The molecule has 39 heavy (non-hydrogen) atoms. The zero-order valence-corrected chi connectivity index (χ0v) is 24.2. The predicted octanol–water partition coefficient (Wildman–Crippen LogP) is 7.41. The first-order chi connectivity index (χ1) is 18.9. The highest BCUT2D eigenvalue weighted by molar-refractivity contribution is 7.99. The maximum absolute atomic E-state index is 13.5. The molecule has 0 atom stereocenters. The minimum atomic E-state index is -4.34. The second kappa shape index (κ2) is 14.3. The lowest BCUT2D eigenvalue weighted by Crippen LogP contribution is -2.39. The molecule has 9 heteroatoms. The van der Waals surface area contributed by atoms with Gasteiger partial charge in [-0.05, 0) is 92.0 Å². The van der Waals surface area contributed by atoms with Crippen molar-refractivity contribution < 1.29 is 13.2 Å². The fourth-order valence-electron chi connectivity index (χ4n) is 4.93. The molecule has 0 unspecified atom stereocenters. The van der Waals surface area contributed by atoms with Crippen molar-refractivity contribution in [3.05, 3.63) is 54.2 Å². The summed E-state index contributed by atoms with van der Waals surface area (Å²) in [6, 6.07) is 15.7. The zero-order valence-electron chi connectivity index (χ0n) is 22.6. The van der Waals surface area contributed by atoms with Gasteiger partial charge in [-0.2, -0.15) is 24.9 Å². The van der Waals surface area contributed by atoms with Crippen molar-refractivity contribution in [2.45, 2.75) is 49.8 Å². The molecular weight excluding hydrogens is 537 g/mol. The van der Waals surface area contributed by atoms with E-state index in [2.05, 4.69) is 52.7 Å². The highest BCUT2D eigenvalue weighted by Crippen LogP contribution is 2.31. The van der Waals surface area contributed by atoms with Crippen LogP contribution in [0.25, 0.3) is 10.9 Å². The van der Waals surface area contributed by atoms with Crippen LogP contribution in [0.3, 0.4) is 0 Å². The van der Waals surface area contributed by atoms with E-state index in [-0.39, 0.29) is 0 Å². The number of alkyl halides is 3. The third-order valence-electron chi connectivity index (χ3n) is 6.82. The van der Waals surface area contributed by atoms with Gasteiger partial charge in [-0.25, -0.2) is 0 Å². The van der Waals surface area contributed by atoms with Crippen LogP contribution in [-0.4, -0.2) is 65.6 Å². The van der Waals surface area contributed by atoms with Crippen LogP contribution in [-0.2, 0) is 6.54 Å². The van der Waals surface area contributed by atoms with Crippen LogP contribution in [0.4, 0.5) is 24.5 Å². The first kappa shape index (κ1) is 29.6. The molecule has 1 saturated heterocycles. The largest absolute Gasteiger partial charge is 0.406 e. The molecule has 1 aromatic heterocycles. The van der Waals surface area contributed by atoms with E-state index in [9.17, 15) is 13.2 Å². The van der Waals surface area contributed by atoms with Gasteiger partial charge in [-0.3, -0.25) is 0 Å². The van der Waals surface area contributed by atoms with Crippen molar-refractivity contribution in [1.29, 1.82) is 0 Å². The molecular formula is C30H37F3N4S2. The highest BCUT2D eigenvalue weighted by Gasteiger charge is 2.30.